The molecule has 0 spiro atoms. The maximum Gasteiger partial charge on any atom is 0.416 e. The van der Waals surface area contributed by atoms with Crippen molar-refractivity contribution >= 4 is 17.3 Å². The minimum atomic E-state index is -4.53. The molecule has 2 aromatic rings. The molecule has 0 aliphatic carbocycles. The highest BCUT2D eigenvalue weighted by molar-refractivity contribution is 6.07. The molecule has 0 saturated heterocycles. The van der Waals surface area contributed by atoms with Crippen LogP contribution < -0.4 is 11.1 Å². The molecule has 0 aliphatic heterocycles. The first kappa shape index (κ1) is 14.8. The molecule has 0 bridgehead atoms. The third-order valence-electron chi connectivity index (χ3n) is 2.78. The van der Waals surface area contributed by atoms with E-state index in [0.29, 0.717) is 11.4 Å². The highest BCUT2D eigenvalue weighted by atomic mass is 19.4. The topological polar surface area (TPSA) is 68.0 Å². The van der Waals surface area contributed by atoms with Crippen LogP contribution in [0.15, 0.2) is 36.5 Å². The van der Waals surface area contributed by atoms with E-state index in [-0.39, 0.29) is 11.3 Å². The molecule has 1 heterocycles. The summed E-state index contributed by atoms with van der Waals surface area (Å²) < 4.78 is 38.0. The van der Waals surface area contributed by atoms with Crippen molar-refractivity contribution in [1.29, 1.82) is 0 Å². The minimum absolute atomic E-state index is 0.0220. The van der Waals surface area contributed by atoms with Crippen molar-refractivity contribution in [2.75, 3.05) is 11.1 Å². The number of hydrogen-bond acceptors (Lipinski definition) is 3. The number of nitrogens with two attached hydrogens (primary N) is 1. The molecule has 0 aliphatic rings. The number of nitrogens with one attached hydrogen (secondary N) is 1. The van der Waals surface area contributed by atoms with Gasteiger partial charge in [-0.15, -0.1) is 0 Å². The highest BCUT2D eigenvalue weighted by Gasteiger charge is 2.31. The number of carbonyl (C=O) groups excluding carboxylic acids is 1. The zero-order chi connectivity index (χ0) is 15.6. The van der Waals surface area contributed by atoms with Gasteiger partial charge in [0.1, 0.15) is 0 Å². The maximum atomic E-state index is 12.7. The van der Waals surface area contributed by atoms with Gasteiger partial charge in [0, 0.05) is 23.3 Å². The molecule has 2 rings (SSSR count). The number of hydrogen-bond donors (Lipinski definition) is 2. The third-order valence-corrected chi connectivity index (χ3v) is 2.78. The average molecular weight is 295 g/mol. The van der Waals surface area contributed by atoms with Gasteiger partial charge in [0.2, 0.25) is 0 Å². The molecule has 0 saturated carbocycles. The van der Waals surface area contributed by atoms with Gasteiger partial charge in [0.25, 0.3) is 5.91 Å². The van der Waals surface area contributed by atoms with E-state index < -0.39 is 17.6 Å². The first-order valence-corrected chi connectivity index (χ1v) is 5.98. The fourth-order valence-electron chi connectivity index (χ4n) is 1.75. The number of benzene rings is 1. The summed E-state index contributed by atoms with van der Waals surface area (Å²) in [5.74, 6) is -0.704. The summed E-state index contributed by atoms with van der Waals surface area (Å²) in [6.45, 7) is 1.73. The van der Waals surface area contributed by atoms with Crippen LogP contribution in [0.1, 0.15) is 21.6 Å². The third kappa shape index (κ3) is 3.50. The van der Waals surface area contributed by atoms with Gasteiger partial charge in [-0.05, 0) is 37.3 Å². The van der Waals surface area contributed by atoms with Crippen molar-refractivity contribution in [2.45, 2.75) is 13.1 Å². The van der Waals surface area contributed by atoms with Gasteiger partial charge in [0.05, 0.1) is 11.1 Å². The number of rotatable bonds is 2. The molecule has 0 fully saturated rings. The van der Waals surface area contributed by atoms with Crippen molar-refractivity contribution in [3.05, 3.63) is 53.3 Å². The van der Waals surface area contributed by atoms with Gasteiger partial charge in [-0.2, -0.15) is 13.2 Å². The smallest absolute Gasteiger partial charge is 0.398 e. The Bertz CT molecular complexity index is 683. The summed E-state index contributed by atoms with van der Waals surface area (Å²) in [5.41, 5.74) is 5.51. The molecule has 3 N–H and O–H groups in total. The van der Waals surface area contributed by atoms with Gasteiger partial charge in [-0.1, -0.05) is 0 Å². The van der Waals surface area contributed by atoms with Gasteiger partial charge in [-0.3, -0.25) is 9.78 Å². The first-order valence-electron chi connectivity index (χ1n) is 5.98. The minimum Gasteiger partial charge on any atom is -0.398 e. The summed E-state index contributed by atoms with van der Waals surface area (Å²) >= 11 is 0. The van der Waals surface area contributed by atoms with E-state index in [1.807, 2.05) is 0 Å². The molecular weight excluding hydrogens is 283 g/mol. The number of aromatic nitrogens is 1. The Balaban J connectivity index is 2.31. The summed E-state index contributed by atoms with van der Waals surface area (Å²) in [6, 6.07) is 5.77. The van der Waals surface area contributed by atoms with E-state index in [1.165, 1.54) is 12.3 Å². The Morgan fingerprint density at radius 3 is 2.57 bits per heavy atom. The maximum absolute atomic E-state index is 12.7. The van der Waals surface area contributed by atoms with E-state index >= 15 is 0 Å². The number of nitrogens with zero attached hydrogens (tertiary/aromatic N) is 1. The van der Waals surface area contributed by atoms with Gasteiger partial charge in [-0.25, -0.2) is 0 Å². The van der Waals surface area contributed by atoms with Crippen LogP contribution in [0.3, 0.4) is 0 Å². The largest absolute Gasteiger partial charge is 0.416 e. The Morgan fingerprint density at radius 1 is 1.24 bits per heavy atom. The van der Waals surface area contributed by atoms with Crippen LogP contribution in [0.25, 0.3) is 0 Å². The fraction of sp³-hybridized carbons (Fsp3) is 0.143. The normalized spacial score (nSPS) is 11.2. The van der Waals surface area contributed by atoms with Crippen molar-refractivity contribution in [3.8, 4) is 0 Å². The SMILES string of the molecule is Cc1cc(NC(=O)c2cc(C(F)(F)F)ccc2N)ccn1. The summed E-state index contributed by atoms with van der Waals surface area (Å²) in [6.07, 6.45) is -3.05. The second kappa shape index (κ2) is 5.43. The number of nitrogen functional groups attached to an aromatic ring is 1. The summed E-state index contributed by atoms with van der Waals surface area (Å²) in [7, 11) is 0. The van der Waals surface area contributed by atoms with Crippen molar-refractivity contribution in [2.24, 2.45) is 0 Å². The van der Waals surface area contributed by atoms with Gasteiger partial charge in [0.15, 0.2) is 0 Å². The molecular formula is C14H12F3N3O. The average Bonchev–Trinajstić information content (AvgIpc) is 2.37. The molecule has 110 valence electrons. The van der Waals surface area contributed by atoms with Crippen LogP contribution in [0.4, 0.5) is 24.5 Å². The van der Waals surface area contributed by atoms with Crippen molar-refractivity contribution in [1.82, 2.24) is 4.98 Å². The highest BCUT2D eigenvalue weighted by Crippen LogP contribution is 2.31. The number of pyridine rings is 1. The quantitative estimate of drug-likeness (QED) is 0.836. The number of carbonyl (C=O) groups is 1. The lowest BCUT2D eigenvalue weighted by Crippen LogP contribution is -2.16. The fourth-order valence-corrected chi connectivity index (χ4v) is 1.75. The van der Waals surface area contributed by atoms with E-state index in [2.05, 4.69) is 10.3 Å². The van der Waals surface area contributed by atoms with Crippen LogP contribution in [-0.4, -0.2) is 10.9 Å². The second-order valence-electron chi connectivity index (χ2n) is 4.44. The number of aryl methyl sites for hydroxylation is 1. The van der Waals surface area contributed by atoms with Crippen LogP contribution in [0, 0.1) is 6.92 Å². The molecule has 7 heteroatoms. The molecule has 1 aromatic heterocycles. The van der Waals surface area contributed by atoms with Crippen LogP contribution in [0.5, 0.6) is 0 Å². The van der Waals surface area contributed by atoms with Crippen LogP contribution in [0.2, 0.25) is 0 Å². The molecule has 21 heavy (non-hydrogen) atoms. The summed E-state index contributed by atoms with van der Waals surface area (Å²) in [4.78, 5) is 16.0. The Hall–Kier alpha value is -2.57. The standard InChI is InChI=1S/C14H12F3N3O/c1-8-6-10(4-5-19-8)20-13(21)11-7-9(14(15,16)17)2-3-12(11)18/h2-7H,18H2,1H3,(H,19,20,21). The number of halogens is 3. The van der Waals surface area contributed by atoms with Crippen LogP contribution >= 0.6 is 0 Å². The lowest BCUT2D eigenvalue weighted by Gasteiger charge is -2.11. The predicted octanol–water partition coefficient (Wildman–Crippen LogP) is 3.24. The molecule has 1 aromatic carbocycles. The monoisotopic (exact) mass is 295 g/mol. The van der Waals surface area contributed by atoms with Crippen molar-refractivity contribution in [3.63, 3.8) is 0 Å². The van der Waals surface area contributed by atoms with Gasteiger partial charge < -0.3 is 11.1 Å². The molecule has 0 unspecified atom stereocenters. The predicted molar refractivity (Wildman–Crippen MR) is 72.8 cm³/mol. The van der Waals surface area contributed by atoms with Crippen LogP contribution in [-0.2, 0) is 6.18 Å². The molecule has 0 radical (unpaired) electrons. The number of alkyl halides is 3. The number of anilines is 2. The first-order chi connectivity index (χ1) is 9.77. The Morgan fingerprint density at radius 2 is 1.95 bits per heavy atom. The van der Waals surface area contributed by atoms with Gasteiger partial charge >= 0.3 is 6.18 Å². The van der Waals surface area contributed by atoms with E-state index in [0.717, 1.165) is 18.2 Å². The lowest BCUT2D eigenvalue weighted by atomic mass is 10.1. The lowest BCUT2D eigenvalue weighted by molar-refractivity contribution is -0.137. The molecule has 4 nitrogen and oxygen atoms in total. The van der Waals surface area contributed by atoms with E-state index in [1.54, 1.807) is 13.0 Å². The van der Waals surface area contributed by atoms with Crippen molar-refractivity contribution < 1.29 is 18.0 Å². The second-order valence-corrected chi connectivity index (χ2v) is 4.44. The zero-order valence-electron chi connectivity index (χ0n) is 11.0. The Labute approximate surface area is 118 Å². The van der Waals surface area contributed by atoms with E-state index in [9.17, 15) is 18.0 Å². The molecule has 1 amide bonds. The zero-order valence-corrected chi connectivity index (χ0v) is 11.0. The Kier molecular flexibility index (Phi) is 3.84. The van der Waals surface area contributed by atoms with E-state index in [4.69, 9.17) is 5.73 Å². The molecule has 0 atom stereocenters. The summed E-state index contributed by atoms with van der Waals surface area (Å²) in [5, 5.41) is 2.49. The number of amides is 1.